The quantitative estimate of drug-likeness (QED) is 0.750. The molecule has 0 amide bonds. The van der Waals surface area contributed by atoms with Gasteiger partial charge in [0.1, 0.15) is 11.6 Å². The van der Waals surface area contributed by atoms with E-state index in [0.717, 1.165) is 51.3 Å². The third-order valence-electron chi connectivity index (χ3n) is 5.51. The standard InChI is InChI=1S/C23H31FN2O/c1-2-25(16-20-8-10-23(27)11-9-20)17-21-6-4-13-26(18-21)14-12-19-5-3-7-22(24)15-19/h3,5,7-11,15,21,27H,2,4,6,12-14,16-18H2,1H3. The number of phenols is 1. The van der Waals surface area contributed by atoms with Crippen molar-refractivity contribution in [2.75, 3.05) is 32.7 Å². The predicted molar refractivity (Wildman–Crippen MR) is 108 cm³/mol. The summed E-state index contributed by atoms with van der Waals surface area (Å²) in [6, 6.07) is 14.5. The number of nitrogens with zero attached hydrogens (tertiary/aromatic N) is 2. The summed E-state index contributed by atoms with van der Waals surface area (Å²) in [5.74, 6) is 0.864. The summed E-state index contributed by atoms with van der Waals surface area (Å²) in [6.45, 7) is 8.55. The summed E-state index contributed by atoms with van der Waals surface area (Å²) < 4.78 is 13.3. The molecule has 2 aromatic carbocycles. The molecule has 146 valence electrons. The summed E-state index contributed by atoms with van der Waals surface area (Å²) in [6.07, 6.45) is 3.43. The molecule has 1 aliphatic rings. The second kappa shape index (κ2) is 9.86. The van der Waals surface area contributed by atoms with Gasteiger partial charge in [-0.2, -0.15) is 0 Å². The van der Waals surface area contributed by atoms with Gasteiger partial charge in [0.2, 0.25) is 0 Å². The van der Waals surface area contributed by atoms with E-state index in [-0.39, 0.29) is 5.82 Å². The molecule has 27 heavy (non-hydrogen) atoms. The molecule has 1 N–H and O–H groups in total. The summed E-state index contributed by atoms with van der Waals surface area (Å²) in [7, 11) is 0. The van der Waals surface area contributed by atoms with Gasteiger partial charge >= 0.3 is 0 Å². The molecule has 3 nitrogen and oxygen atoms in total. The van der Waals surface area contributed by atoms with Gasteiger partial charge in [0.05, 0.1) is 0 Å². The molecule has 0 spiro atoms. The Morgan fingerprint density at radius 2 is 1.96 bits per heavy atom. The van der Waals surface area contributed by atoms with Crippen LogP contribution in [0.4, 0.5) is 4.39 Å². The van der Waals surface area contributed by atoms with Crippen LogP contribution < -0.4 is 0 Å². The van der Waals surface area contributed by atoms with E-state index >= 15 is 0 Å². The van der Waals surface area contributed by atoms with Crippen molar-refractivity contribution < 1.29 is 9.50 Å². The number of hydrogen-bond donors (Lipinski definition) is 1. The normalized spacial score (nSPS) is 18.1. The maximum absolute atomic E-state index is 13.3. The first-order chi connectivity index (χ1) is 13.1. The first-order valence-corrected chi connectivity index (χ1v) is 10.1. The van der Waals surface area contributed by atoms with Gasteiger partial charge in [-0.3, -0.25) is 4.90 Å². The lowest BCUT2D eigenvalue weighted by atomic mass is 9.96. The summed E-state index contributed by atoms with van der Waals surface area (Å²) in [4.78, 5) is 5.03. The molecule has 1 fully saturated rings. The Hall–Kier alpha value is -1.91. The maximum atomic E-state index is 13.3. The molecular formula is C23H31FN2O. The van der Waals surface area contributed by atoms with Crippen molar-refractivity contribution in [3.63, 3.8) is 0 Å². The molecule has 2 aromatic rings. The fraction of sp³-hybridized carbons (Fsp3) is 0.478. The van der Waals surface area contributed by atoms with Crippen LogP contribution in [0.3, 0.4) is 0 Å². The largest absolute Gasteiger partial charge is 0.508 e. The molecule has 1 heterocycles. The molecule has 1 saturated heterocycles. The number of halogens is 1. The SMILES string of the molecule is CCN(Cc1ccc(O)cc1)CC1CCCN(CCc2cccc(F)c2)C1. The molecule has 0 aromatic heterocycles. The zero-order chi connectivity index (χ0) is 19.1. The zero-order valence-corrected chi connectivity index (χ0v) is 16.3. The van der Waals surface area contributed by atoms with Crippen molar-refractivity contribution in [3.05, 3.63) is 65.5 Å². The van der Waals surface area contributed by atoms with E-state index in [4.69, 9.17) is 0 Å². The fourth-order valence-electron chi connectivity index (χ4n) is 4.01. The van der Waals surface area contributed by atoms with Gasteiger partial charge in [0.25, 0.3) is 0 Å². The Balaban J connectivity index is 1.48. The van der Waals surface area contributed by atoms with Crippen molar-refractivity contribution in [1.29, 1.82) is 0 Å². The Kier molecular flexibility index (Phi) is 7.25. The highest BCUT2D eigenvalue weighted by atomic mass is 19.1. The highest BCUT2D eigenvalue weighted by molar-refractivity contribution is 5.25. The second-order valence-electron chi connectivity index (χ2n) is 7.68. The fourth-order valence-corrected chi connectivity index (χ4v) is 4.01. The molecule has 0 bridgehead atoms. The molecule has 4 heteroatoms. The molecule has 1 unspecified atom stereocenters. The van der Waals surface area contributed by atoms with Crippen molar-refractivity contribution >= 4 is 0 Å². The highest BCUT2D eigenvalue weighted by Crippen LogP contribution is 2.20. The number of hydrogen-bond acceptors (Lipinski definition) is 3. The average Bonchev–Trinajstić information content (AvgIpc) is 2.68. The van der Waals surface area contributed by atoms with Crippen molar-refractivity contribution in [2.45, 2.75) is 32.7 Å². The number of rotatable bonds is 8. The predicted octanol–water partition coefficient (Wildman–Crippen LogP) is 4.31. The lowest BCUT2D eigenvalue weighted by molar-refractivity contribution is 0.133. The van der Waals surface area contributed by atoms with Crippen LogP contribution in [0.5, 0.6) is 5.75 Å². The van der Waals surface area contributed by atoms with E-state index in [1.807, 2.05) is 18.2 Å². The summed E-state index contributed by atoms with van der Waals surface area (Å²) in [5, 5.41) is 9.45. The minimum atomic E-state index is -0.142. The first kappa shape index (κ1) is 19.8. The van der Waals surface area contributed by atoms with E-state index in [1.54, 1.807) is 24.3 Å². The number of phenolic OH excluding ortho intramolecular Hbond substituents is 1. The van der Waals surface area contributed by atoms with Gasteiger partial charge in [-0.1, -0.05) is 31.2 Å². The van der Waals surface area contributed by atoms with Crippen LogP contribution in [0.15, 0.2) is 48.5 Å². The van der Waals surface area contributed by atoms with Crippen LogP contribution in [0, 0.1) is 11.7 Å². The van der Waals surface area contributed by atoms with E-state index in [1.165, 1.54) is 24.5 Å². The van der Waals surface area contributed by atoms with Crippen LogP contribution >= 0.6 is 0 Å². The Morgan fingerprint density at radius 3 is 2.70 bits per heavy atom. The molecular weight excluding hydrogens is 339 g/mol. The minimum absolute atomic E-state index is 0.142. The number of likely N-dealkylation sites (tertiary alicyclic amines) is 1. The molecule has 1 aliphatic heterocycles. The number of piperidine rings is 1. The smallest absolute Gasteiger partial charge is 0.123 e. The van der Waals surface area contributed by atoms with Crippen molar-refractivity contribution in [3.8, 4) is 5.75 Å². The second-order valence-corrected chi connectivity index (χ2v) is 7.68. The molecule has 0 saturated carbocycles. The topological polar surface area (TPSA) is 26.7 Å². The summed E-state index contributed by atoms with van der Waals surface area (Å²) >= 11 is 0. The number of aromatic hydroxyl groups is 1. The number of benzene rings is 2. The van der Waals surface area contributed by atoms with Crippen LogP contribution in [-0.2, 0) is 13.0 Å². The Labute approximate surface area is 162 Å². The monoisotopic (exact) mass is 370 g/mol. The van der Waals surface area contributed by atoms with E-state index in [0.29, 0.717) is 11.7 Å². The lowest BCUT2D eigenvalue weighted by Gasteiger charge is -2.35. The first-order valence-electron chi connectivity index (χ1n) is 10.1. The lowest BCUT2D eigenvalue weighted by Crippen LogP contribution is -2.41. The summed E-state index contributed by atoms with van der Waals surface area (Å²) in [5.41, 5.74) is 2.33. The Morgan fingerprint density at radius 1 is 1.15 bits per heavy atom. The molecule has 0 aliphatic carbocycles. The van der Waals surface area contributed by atoms with E-state index in [2.05, 4.69) is 16.7 Å². The highest BCUT2D eigenvalue weighted by Gasteiger charge is 2.21. The van der Waals surface area contributed by atoms with E-state index < -0.39 is 0 Å². The van der Waals surface area contributed by atoms with Gasteiger partial charge in [-0.15, -0.1) is 0 Å². The molecule has 1 atom stereocenters. The van der Waals surface area contributed by atoms with Gasteiger partial charge in [-0.05, 0) is 73.7 Å². The molecule has 3 rings (SSSR count). The third kappa shape index (κ3) is 6.33. The van der Waals surface area contributed by atoms with Crippen LogP contribution in [0.25, 0.3) is 0 Å². The van der Waals surface area contributed by atoms with E-state index in [9.17, 15) is 9.50 Å². The average molecular weight is 371 g/mol. The van der Waals surface area contributed by atoms with Gasteiger partial charge < -0.3 is 10.0 Å². The van der Waals surface area contributed by atoms with Crippen LogP contribution in [0.2, 0.25) is 0 Å². The van der Waals surface area contributed by atoms with Gasteiger partial charge in [0, 0.05) is 26.2 Å². The maximum Gasteiger partial charge on any atom is 0.123 e. The van der Waals surface area contributed by atoms with Crippen LogP contribution in [0.1, 0.15) is 30.9 Å². The molecule has 0 radical (unpaired) electrons. The zero-order valence-electron chi connectivity index (χ0n) is 16.3. The van der Waals surface area contributed by atoms with Gasteiger partial charge in [-0.25, -0.2) is 4.39 Å². The van der Waals surface area contributed by atoms with Crippen molar-refractivity contribution in [1.82, 2.24) is 9.80 Å². The minimum Gasteiger partial charge on any atom is -0.508 e. The van der Waals surface area contributed by atoms with Gasteiger partial charge in [0.15, 0.2) is 0 Å². The van der Waals surface area contributed by atoms with Crippen LogP contribution in [-0.4, -0.2) is 47.6 Å². The third-order valence-corrected chi connectivity index (χ3v) is 5.51. The van der Waals surface area contributed by atoms with Crippen molar-refractivity contribution in [2.24, 2.45) is 5.92 Å². The Bertz CT molecular complexity index is 704.